The zero-order chi connectivity index (χ0) is 14.3. The third-order valence-electron chi connectivity index (χ3n) is 4.00. The molecule has 0 saturated heterocycles. The predicted molar refractivity (Wildman–Crippen MR) is 77.6 cm³/mol. The summed E-state index contributed by atoms with van der Waals surface area (Å²) in [7, 11) is 1.95. The Hall–Kier alpha value is -2.10. The van der Waals surface area contributed by atoms with Crippen LogP contribution in [0.25, 0.3) is 0 Å². The largest absolute Gasteiger partial charge is 0.332 e. The molecule has 20 heavy (non-hydrogen) atoms. The topological polar surface area (TPSA) is 38.1 Å². The van der Waals surface area contributed by atoms with Crippen molar-refractivity contribution in [3.8, 4) is 0 Å². The Morgan fingerprint density at radius 1 is 1.30 bits per heavy atom. The minimum absolute atomic E-state index is 0.109. The molecular weight excluding hydrogens is 250 g/mol. The van der Waals surface area contributed by atoms with Crippen LogP contribution in [0.2, 0.25) is 0 Å². The zero-order valence-electron chi connectivity index (χ0n) is 12.2. The molecule has 0 radical (unpaired) electrons. The van der Waals surface area contributed by atoms with E-state index in [-0.39, 0.29) is 5.91 Å². The molecule has 104 valence electrons. The second kappa shape index (κ2) is 4.78. The smallest absolute Gasteiger partial charge is 0.254 e. The molecular formula is C16H19N3O. The fourth-order valence-corrected chi connectivity index (χ4v) is 2.91. The van der Waals surface area contributed by atoms with Gasteiger partial charge in [-0.1, -0.05) is 17.7 Å². The fraction of sp³-hybridized carbons (Fsp3) is 0.375. The average Bonchev–Trinajstić information content (AvgIpc) is 2.73. The molecule has 0 aliphatic carbocycles. The summed E-state index contributed by atoms with van der Waals surface area (Å²) in [5, 5.41) is 4.45. The number of aromatic nitrogens is 2. The second-order valence-corrected chi connectivity index (χ2v) is 5.48. The molecule has 0 fully saturated rings. The summed E-state index contributed by atoms with van der Waals surface area (Å²) in [4.78, 5) is 14.5. The monoisotopic (exact) mass is 269 g/mol. The first-order valence-corrected chi connectivity index (χ1v) is 6.93. The van der Waals surface area contributed by atoms with E-state index in [1.807, 2.05) is 54.7 Å². The number of carbonyl (C=O) groups is 1. The van der Waals surface area contributed by atoms with Crippen molar-refractivity contribution in [2.24, 2.45) is 7.05 Å². The van der Waals surface area contributed by atoms with Gasteiger partial charge in [0.2, 0.25) is 0 Å². The third kappa shape index (κ3) is 2.11. The third-order valence-corrected chi connectivity index (χ3v) is 4.00. The number of amides is 1. The minimum Gasteiger partial charge on any atom is -0.332 e. The molecule has 0 bridgehead atoms. The molecule has 0 spiro atoms. The molecule has 0 unspecified atom stereocenters. The van der Waals surface area contributed by atoms with E-state index in [0.29, 0.717) is 6.54 Å². The van der Waals surface area contributed by atoms with Crippen molar-refractivity contribution in [3.63, 3.8) is 0 Å². The number of fused-ring (bicyclic) bond motifs is 1. The highest BCUT2D eigenvalue weighted by atomic mass is 16.2. The van der Waals surface area contributed by atoms with Crippen LogP contribution in [0.15, 0.2) is 24.3 Å². The lowest BCUT2D eigenvalue weighted by atomic mass is 10.0. The van der Waals surface area contributed by atoms with E-state index in [1.165, 1.54) is 5.56 Å². The van der Waals surface area contributed by atoms with Gasteiger partial charge in [0.25, 0.3) is 5.91 Å². The predicted octanol–water partition coefficient (Wildman–Crippen LogP) is 2.24. The van der Waals surface area contributed by atoms with Gasteiger partial charge < -0.3 is 4.90 Å². The lowest BCUT2D eigenvalue weighted by Gasteiger charge is -2.27. The number of aryl methyl sites for hydroxylation is 3. The van der Waals surface area contributed by atoms with Crippen molar-refractivity contribution in [2.45, 2.75) is 26.8 Å². The lowest BCUT2D eigenvalue weighted by molar-refractivity contribution is 0.0730. The van der Waals surface area contributed by atoms with Gasteiger partial charge in [-0.25, -0.2) is 0 Å². The van der Waals surface area contributed by atoms with E-state index in [2.05, 4.69) is 5.10 Å². The van der Waals surface area contributed by atoms with Gasteiger partial charge in [0.05, 0.1) is 17.9 Å². The Labute approximate surface area is 119 Å². The SMILES string of the molecule is Cc1cccc(C(=O)N2CCc3c(C)nn(C)c3C2)c1. The molecule has 3 rings (SSSR count). The molecule has 4 nitrogen and oxygen atoms in total. The van der Waals surface area contributed by atoms with Gasteiger partial charge in [-0.05, 0) is 38.0 Å². The Balaban J connectivity index is 1.87. The van der Waals surface area contributed by atoms with Gasteiger partial charge in [-0.2, -0.15) is 5.10 Å². The van der Waals surface area contributed by atoms with Crippen molar-refractivity contribution in [3.05, 3.63) is 52.3 Å². The highest BCUT2D eigenvalue weighted by Gasteiger charge is 2.25. The average molecular weight is 269 g/mol. The van der Waals surface area contributed by atoms with Crippen LogP contribution >= 0.6 is 0 Å². The summed E-state index contributed by atoms with van der Waals surface area (Å²) >= 11 is 0. The first kappa shape index (κ1) is 12.9. The number of benzene rings is 1. The van der Waals surface area contributed by atoms with Crippen LogP contribution in [-0.2, 0) is 20.0 Å². The molecule has 2 heterocycles. The summed E-state index contributed by atoms with van der Waals surface area (Å²) in [5.74, 6) is 0.109. The summed E-state index contributed by atoms with van der Waals surface area (Å²) < 4.78 is 1.90. The molecule has 1 amide bonds. The Morgan fingerprint density at radius 3 is 2.85 bits per heavy atom. The van der Waals surface area contributed by atoms with E-state index >= 15 is 0 Å². The molecule has 1 aromatic carbocycles. The van der Waals surface area contributed by atoms with Gasteiger partial charge in [-0.15, -0.1) is 0 Å². The number of carbonyl (C=O) groups excluding carboxylic acids is 1. The molecule has 2 aromatic rings. The van der Waals surface area contributed by atoms with Gasteiger partial charge in [0, 0.05) is 19.2 Å². The first-order chi connectivity index (χ1) is 9.56. The van der Waals surface area contributed by atoms with Crippen molar-refractivity contribution in [1.82, 2.24) is 14.7 Å². The maximum Gasteiger partial charge on any atom is 0.254 e. The van der Waals surface area contributed by atoms with Gasteiger partial charge in [-0.3, -0.25) is 9.48 Å². The van der Waals surface area contributed by atoms with E-state index in [1.54, 1.807) is 0 Å². The Morgan fingerprint density at radius 2 is 2.10 bits per heavy atom. The van der Waals surface area contributed by atoms with Gasteiger partial charge in [0.15, 0.2) is 0 Å². The van der Waals surface area contributed by atoms with E-state index in [9.17, 15) is 4.79 Å². The summed E-state index contributed by atoms with van der Waals surface area (Å²) in [6.07, 6.45) is 0.895. The highest BCUT2D eigenvalue weighted by Crippen LogP contribution is 2.22. The van der Waals surface area contributed by atoms with Crippen LogP contribution in [0, 0.1) is 13.8 Å². The number of hydrogen-bond acceptors (Lipinski definition) is 2. The summed E-state index contributed by atoms with van der Waals surface area (Å²) in [6.45, 7) is 5.47. The molecule has 1 aliphatic rings. The molecule has 1 aromatic heterocycles. The summed E-state index contributed by atoms with van der Waals surface area (Å²) in [5.41, 5.74) is 5.44. The van der Waals surface area contributed by atoms with Crippen LogP contribution in [-0.4, -0.2) is 27.1 Å². The maximum absolute atomic E-state index is 12.6. The van der Waals surface area contributed by atoms with Crippen LogP contribution < -0.4 is 0 Å². The normalized spacial score (nSPS) is 14.2. The lowest BCUT2D eigenvalue weighted by Crippen LogP contribution is -2.36. The molecule has 0 atom stereocenters. The van der Waals surface area contributed by atoms with E-state index < -0.39 is 0 Å². The summed E-state index contributed by atoms with van der Waals surface area (Å²) in [6, 6.07) is 7.79. The maximum atomic E-state index is 12.6. The van der Waals surface area contributed by atoms with Crippen molar-refractivity contribution >= 4 is 5.91 Å². The minimum atomic E-state index is 0.109. The number of nitrogens with zero attached hydrogens (tertiary/aromatic N) is 3. The molecule has 4 heteroatoms. The highest BCUT2D eigenvalue weighted by molar-refractivity contribution is 5.94. The zero-order valence-corrected chi connectivity index (χ0v) is 12.2. The molecule has 1 aliphatic heterocycles. The standard InChI is InChI=1S/C16H19N3O/c1-11-5-4-6-13(9-11)16(20)19-8-7-14-12(2)17-18(3)15(14)10-19/h4-6,9H,7-8,10H2,1-3H3. The van der Waals surface area contributed by atoms with E-state index in [0.717, 1.165) is 35.5 Å². The van der Waals surface area contributed by atoms with E-state index in [4.69, 9.17) is 0 Å². The number of rotatable bonds is 1. The molecule has 0 N–H and O–H groups in total. The van der Waals surface area contributed by atoms with Crippen molar-refractivity contribution < 1.29 is 4.79 Å². The Kier molecular flexibility index (Phi) is 3.08. The van der Waals surface area contributed by atoms with Crippen molar-refractivity contribution in [2.75, 3.05) is 6.54 Å². The van der Waals surface area contributed by atoms with Crippen molar-refractivity contribution in [1.29, 1.82) is 0 Å². The Bertz CT molecular complexity index is 672. The first-order valence-electron chi connectivity index (χ1n) is 6.93. The van der Waals surface area contributed by atoms with Crippen LogP contribution in [0.3, 0.4) is 0 Å². The second-order valence-electron chi connectivity index (χ2n) is 5.48. The fourth-order valence-electron chi connectivity index (χ4n) is 2.91. The van der Waals surface area contributed by atoms with Gasteiger partial charge >= 0.3 is 0 Å². The molecule has 0 saturated carbocycles. The van der Waals surface area contributed by atoms with Crippen LogP contribution in [0.1, 0.15) is 32.9 Å². The van der Waals surface area contributed by atoms with Crippen LogP contribution in [0.5, 0.6) is 0 Å². The van der Waals surface area contributed by atoms with Gasteiger partial charge in [0.1, 0.15) is 0 Å². The quantitative estimate of drug-likeness (QED) is 0.796. The number of hydrogen-bond donors (Lipinski definition) is 0. The van der Waals surface area contributed by atoms with Crippen LogP contribution in [0.4, 0.5) is 0 Å².